The van der Waals surface area contributed by atoms with E-state index in [1.165, 1.54) is 18.3 Å². The Morgan fingerprint density at radius 1 is 0.896 bits per heavy atom. The van der Waals surface area contributed by atoms with Gasteiger partial charge in [0.25, 0.3) is 0 Å². The Bertz CT molecular complexity index is 1670. The van der Waals surface area contributed by atoms with Crippen molar-refractivity contribution in [2.45, 2.75) is 64.5 Å². The molecule has 48 heavy (non-hydrogen) atoms. The number of fused-ring (bicyclic) bond motifs is 1. The molecule has 1 aromatic heterocycles. The van der Waals surface area contributed by atoms with E-state index in [1.807, 2.05) is 36.4 Å². The Balaban J connectivity index is 0.954. The van der Waals surface area contributed by atoms with Crippen molar-refractivity contribution in [1.82, 2.24) is 14.5 Å². The lowest BCUT2D eigenvalue weighted by Gasteiger charge is -2.45. The maximum atomic E-state index is 12.4. The van der Waals surface area contributed by atoms with Crippen LogP contribution in [0.15, 0.2) is 79.0 Å². The number of hydrogen-bond donors (Lipinski definition) is 0. The van der Waals surface area contributed by atoms with E-state index in [2.05, 4.69) is 45.5 Å². The molecule has 0 unspecified atom stereocenters. The first-order valence-electron chi connectivity index (χ1n) is 15.7. The van der Waals surface area contributed by atoms with Crippen LogP contribution in [-0.2, 0) is 19.7 Å². The number of ether oxygens (including phenoxy) is 4. The summed E-state index contributed by atoms with van der Waals surface area (Å²) >= 11 is 0. The predicted molar refractivity (Wildman–Crippen MR) is 170 cm³/mol. The number of piperazine rings is 1. The van der Waals surface area contributed by atoms with Crippen LogP contribution in [0.1, 0.15) is 31.4 Å². The van der Waals surface area contributed by atoms with Crippen LogP contribution in [0, 0.1) is 10.1 Å². The fraction of sp³-hybridized carbons (Fsp3) is 0.382. The van der Waals surface area contributed by atoms with Crippen LogP contribution in [0.25, 0.3) is 0 Å². The van der Waals surface area contributed by atoms with Crippen LogP contribution in [0.3, 0.4) is 0 Å². The number of benzene rings is 3. The summed E-state index contributed by atoms with van der Waals surface area (Å²) in [5.74, 6) is 0.916. The predicted octanol–water partition coefficient (Wildman–Crippen LogP) is 6.60. The lowest BCUT2D eigenvalue weighted by atomic mass is 10.0. The summed E-state index contributed by atoms with van der Waals surface area (Å²) in [5, 5.41) is 11.0. The summed E-state index contributed by atoms with van der Waals surface area (Å²) in [6.07, 6.45) is -2.90. The molecule has 0 N–H and O–H groups in total. The van der Waals surface area contributed by atoms with E-state index >= 15 is 0 Å². The first kappa shape index (κ1) is 32.9. The smallest absolute Gasteiger partial charge is 0.490 e. The van der Waals surface area contributed by atoms with Gasteiger partial charge < -0.3 is 34.0 Å². The molecule has 0 aliphatic carbocycles. The van der Waals surface area contributed by atoms with Crippen molar-refractivity contribution in [3.05, 3.63) is 100 Å². The normalized spacial score (nSPS) is 19.7. The maximum Gasteiger partial charge on any atom is 0.573 e. The summed E-state index contributed by atoms with van der Waals surface area (Å²) in [6.45, 7) is 8.11. The molecule has 1 fully saturated rings. The molecule has 11 nitrogen and oxygen atoms in total. The van der Waals surface area contributed by atoms with E-state index in [0.717, 1.165) is 42.2 Å². The maximum absolute atomic E-state index is 12.4. The summed E-state index contributed by atoms with van der Waals surface area (Å²) in [4.78, 5) is 19.3. The molecule has 0 amide bonds. The Hall–Kier alpha value is -4.98. The number of hydrogen-bond acceptors (Lipinski definition) is 9. The second kappa shape index (κ2) is 14.0. The fourth-order valence-electron chi connectivity index (χ4n) is 6.01. The van der Waals surface area contributed by atoms with Crippen LogP contribution in [0.4, 0.5) is 24.7 Å². The van der Waals surface area contributed by atoms with E-state index < -0.39 is 11.3 Å². The number of rotatable bonds is 11. The third-order valence-electron chi connectivity index (χ3n) is 8.47. The molecule has 254 valence electrons. The monoisotopic (exact) mass is 667 g/mol. The van der Waals surface area contributed by atoms with Crippen molar-refractivity contribution >= 4 is 11.5 Å². The molecule has 3 heterocycles. The first-order valence-corrected chi connectivity index (χ1v) is 15.7. The van der Waals surface area contributed by atoms with E-state index in [9.17, 15) is 23.3 Å². The van der Waals surface area contributed by atoms with Gasteiger partial charge in [-0.3, -0.25) is 9.47 Å². The summed E-state index contributed by atoms with van der Waals surface area (Å²) in [5.41, 5.74) is 3.01. The number of imidazole rings is 1. The molecule has 0 bridgehead atoms. The number of alkyl halides is 3. The first-order chi connectivity index (χ1) is 23.0. The highest BCUT2D eigenvalue weighted by Crippen LogP contribution is 2.29. The van der Waals surface area contributed by atoms with E-state index in [4.69, 9.17) is 14.2 Å². The molecule has 2 aliphatic rings. The average Bonchev–Trinajstić information content (AvgIpc) is 3.49. The van der Waals surface area contributed by atoms with Crippen molar-refractivity contribution < 1.29 is 37.0 Å². The van der Waals surface area contributed by atoms with Gasteiger partial charge in [0.05, 0.1) is 0 Å². The highest BCUT2D eigenvalue weighted by atomic mass is 19.4. The third kappa shape index (κ3) is 8.29. The average molecular weight is 668 g/mol. The van der Waals surface area contributed by atoms with Gasteiger partial charge in [-0.1, -0.05) is 24.3 Å². The molecular weight excluding hydrogens is 631 g/mol. The number of anilines is 1. The Morgan fingerprint density at radius 3 is 2.15 bits per heavy atom. The number of nitrogens with zero attached hydrogens (tertiary/aromatic N) is 5. The lowest BCUT2D eigenvalue weighted by Crippen LogP contribution is -2.56. The van der Waals surface area contributed by atoms with Gasteiger partial charge in [0.1, 0.15) is 42.8 Å². The molecule has 1 saturated heterocycles. The minimum atomic E-state index is -4.72. The summed E-state index contributed by atoms with van der Waals surface area (Å²) in [6, 6.07) is 22.4. The van der Waals surface area contributed by atoms with Crippen molar-refractivity contribution in [2.75, 3.05) is 24.6 Å². The largest absolute Gasteiger partial charge is 0.573 e. The van der Waals surface area contributed by atoms with E-state index in [1.54, 1.807) is 16.7 Å². The van der Waals surface area contributed by atoms with Crippen molar-refractivity contribution in [3.8, 4) is 23.3 Å². The van der Waals surface area contributed by atoms with Gasteiger partial charge in [-0.05, 0) is 78.4 Å². The van der Waals surface area contributed by atoms with Crippen molar-refractivity contribution in [2.24, 2.45) is 0 Å². The number of aryl methyl sites for hydroxylation is 1. The molecule has 3 aromatic carbocycles. The molecule has 4 aromatic rings. The molecule has 2 aliphatic heterocycles. The quantitative estimate of drug-likeness (QED) is 0.129. The van der Waals surface area contributed by atoms with Crippen molar-refractivity contribution in [3.63, 3.8) is 0 Å². The molecule has 14 heteroatoms. The van der Waals surface area contributed by atoms with Crippen LogP contribution in [-0.4, -0.2) is 63.6 Å². The molecule has 3 atom stereocenters. The van der Waals surface area contributed by atoms with E-state index in [0.29, 0.717) is 37.4 Å². The number of nitro groups is 1. The van der Waals surface area contributed by atoms with Crippen LogP contribution in [0.2, 0.25) is 0 Å². The zero-order valence-corrected chi connectivity index (χ0v) is 26.5. The second-order valence-corrected chi connectivity index (χ2v) is 12.1. The second-order valence-electron chi connectivity index (χ2n) is 12.1. The zero-order valence-electron chi connectivity index (χ0n) is 26.5. The van der Waals surface area contributed by atoms with Gasteiger partial charge in [-0.25, -0.2) is 0 Å². The Morgan fingerprint density at radius 2 is 1.50 bits per heavy atom. The standard InChI is InChI=1S/C34H36F3N5O6/c1-23-17-40(27-7-13-29(14-8-27)46-22-31-15-16-39-20-32(42(43)44)38-33(39)47-31)18-24(2)41(23)19-25-3-9-28(10-4-25)45-21-26-5-11-30(12-6-26)48-34(35,36)37/h3-14,20,23-24,31H,15-19,21-22H2,1-2H3/t23-,24+,31-/m0/s1. The topological polar surface area (TPSA) is 104 Å². The van der Waals surface area contributed by atoms with Gasteiger partial charge in [-0.2, -0.15) is 0 Å². The highest BCUT2D eigenvalue weighted by molar-refractivity contribution is 5.50. The van der Waals surface area contributed by atoms with E-state index in [-0.39, 0.29) is 30.3 Å². The molecule has 6 rings (SSSR count). The zero-order chi connectivity index (χ0) is 33.8. The highest BCUT2D eigenvalue weighted by Gasteiger charge is 2.32. The van der Waals surface area contributed by atoms with Crippen LogP contribution in [0.5, 0.6) is 23.3 Å². The molecule has 0 radical (unpaired) electrons. The number of aromatic nitrogens is 2. The Kier molecular flexibility index (Phi) is 9.62. The molecule has 0 saturated carbocycles. The summed E-state index contributed by atoms with van der Waals surface area (Å²) < 4.78 is 60.3. The number of halogens is 3. The molecular formula is C34H36F3N5O6. The molecule has 0 spiro atoms. The Labute approximate surface area is 275 Å². The van der Waals surface area contributed by atoms with Gasteiger partial charge in [-0.15, -0.1) is 13.2 Å². The SMILES string of the molecule is C[C@@H]1CN(c2ccc(OC[C@@H]3CCn4cc([N+](=O)[O-])nc4O3)cc2)C[C@H](C)N1Cc1ccc(OCc2ccc(OC(F)(F)F)cc2)cc1. The minimum Gasteiger partial charge on any atom is -0.490 e. The van der Waals surface area contributed by atoms with Gasteiger partial charge >= 0.3 is 18.2 Å². The van der Waals surface area contributed by atoms with Crippen molar-refractivity contribution in [1.29, 1.82) is 0 Å². The lowest BCUT2D eigenvalue weighted by molar-refractivity contribution is -0.389. The summed E-state index contributed by atoms with van der Waals surface area (Å²) in [7, 11) is 0. The van der Waals surface area contributed by atoms with Crippen LogP contribution >= 0.6 is 0 Å². The van der Waals surface area contributed by atoms with Gasteiger partial charge in [0.2, 0.25) is 0 Å². The van der Waals surface area contributed by atoms with Crippen LogP contribution < -0.4 is 23.8 Å². The van der Waals surface area contributed by atoms with Gasteiger partial charge in [0.15, 0.2) is 0 Å². The minimum absolute atomic E-state index is 0.223. The van der Waals surface area contributed by atoms with Gasteiger partial charge in [0, 0.05) is 55.4 Å². The third-order valence-corrected chi connectivity index (χ3v) is 8.47. The fourth-order valence-corrected chi connectivity index (χ4v) is 6.01.